The molecule has 1 aliphatic rings. The normalized spacial score (nSPS) is 20.9. The van der Waals surface area contributed by atoms with E-state index in [9.17, 15) is 0 Å². The maximum absolute atomic E-state index is 6.06. The summed E-state index contributed by atoms with van der Waals surface area (Å²) in [4.78, 5) is 2.46. The van der Waals surface area contributed by atoms with Gasteiger partial charge >= 0.3 is 0 Å². The molecule has 1 N–H and O–H groups in total. The number of rotatable bonds is 4. The van der Waals surface area contributed by atoms with Gasteiger partial charge in [0.25, 0.3) is 0 Å². The van der Waals surface area contributed by atoms with Crippen LogP contribution in [0, 0.1) is 0 Å². The summed E-state index contributed by atoms with van der Waals surface area (Å²) in [5.74, 6) is 0.922. The molecular formula is C14H21ClN2O. The molecule has 0 saturated carbocycles. The van der Waals surface area contributed by atoms with Crippen LogP contribution in [-0.2, 0) is 6.54 Å². The number of benzene rings is 1. The molecule has 0 bridgehead atoms. The predicted molar refractivity (Wildman–Crippen MR) is 75.4 cm³/mol. The van der Waals surface area contributed by atoms with Gasteiger partial charge in [-0.25, -0.2) is 0 Å². The summed E-state index contributed by atoms with van der Waals surface area (Å²) in [6.07, 6.45) is 1.17. The number of hydrogen-bond donors (Lipinski definition) is 1. The van der Waals surface area contributed by atoms with Crippen molar-refractivity contribution in [1.82, 2.24) is 10.2 Å². The molecule has 0 amide bonds. The second kappa shape index (κ2) is 6.41. The third kappa shape index (κ3) is 3.37. The van der Waals surface area contributed by atoms with Crippen LogP contribution in [0.2, 0.25) is 5.02 Å². The minimum atomic E-state index is 0.601. The maximum atomic E-state index is 6.06. The van der Waals surface area contributed by atoms with Crippen molar-refractivity contribution in [1.29, 1.82) is 0 Å². The van der Waals surface area contributed by atoms with Crippen molar-refractivity contribution < 1.29 is 4.74 Å². The van der Waals surface area contributed by atoms with Gasteiger partial charge < -0.3 is 10.1 Å². The van der Waals surface area contributed by atoms with Gasteiger partial charge in [0.1, 0.15) is 5.75 Å². The van der Waals surface area contributed by atoms with Gasteiger partial charge in [-0.15, -0.1) is 0 Å². The Hall–Kier alpha value is -0.770. The van der Waals surface area contributed by atoms with Crippen LogP contribution in [0.4, 0.5) is 0 Å². The van der Waals surface area contributed by atoms with E-state index in [-0.39, 0.29) is 0 Å². The summed E-state index contributed by atoms with van der Waals surface area (Å²) < 4.78 is 5.39. The van der Waals surface area contributed by atoms with Crippen LogP contribution < -0.4 is 10.1 Å². The van der Waals surface area contributed by atoms with Gasteiger partial charge in [0.2, 0.25) is 0 Å². The van der Waals surface area contributed by atoms with E-state index in [0.717, 1.165) is 37.0 Å². The number of nitrogens with zero attached hydrogens (tertiary/aromatic N) is 1. The second-order valence-electron chi connectivity index (χ2n) is 4.75. The first-order valence-corrected chi connectivity index (χ1v) is 6.89. The zero-order valence-electron chi connectivity index (χ0n) is 11.1. The molecule has 1 fully saturated rings. The van der Waals surface area contributed by atoms with E-state index in [4.69, 9.17) is 16.3 Å². The van der Waals surface area contributed by atoms with E-state index in [2.05, 4.69) is 17.1 Å². The number of hydrogen-bond acceptors (Lipinski definition) is 3. The molecule has 0 aromatic heterocycles. The first-order chi connectivity index (χ1) is 8.72. The van der Waals surface area contributed by atoms with Crippen molar-refractivity contribution in [2.45, 2.75) is 25.9 Å². The van der Waals surface area contributed by atoms with Crippen LogP contribution >= 0.6 is 11.6 Å². The fourth-order valence-corrected chi connectivity index (χ4v) is 2.62. The van der Waals surface area contributed by atoms with Crippen molar-refractivity contribution in [3.8, 4) is 5.75 Å². The van der Waals surface area contributed by atoms with Gasteiger partial charge in [-0.3, -0.25) is 4.90 Å². The van der Waals surface area contributed by atoms with Gasteiger partial charge in [-0.2, -0.15) is 0 Å². The first kappa shape index (κ1) is 13.7. The van der Waals surface area contributed by atoms with E-state index in [1.807, 2.05) is 18.2 Å². The molecule has 2 rings (SSSR count). The number of halogens is 1. The van der Waals surface area contributed by atoms with Crippen LogP contribution in [-0.4, -0.2) is 37.7 Å². The van der Waals surface area contributed by atoms with E-state index in [0.29, 0.717) is 6.04 Å². The monoisotopic (exact) mass is 268 g/mol. The standard InChI is InChI=1S/C14H21ClN2O/c1-3-13-10-17(7-6-16-13)9-11-8-12(15)4-5-14(11)18-2/h4-5,8,13,16H,3,6-7,9-10H2,1-2H3. The lowest BCUT2D eigenvalue weighted by molar-refractivity contribution is 0.188. The summed E-state index contributed by atoms with van der Waals surface area (Å²) in [5, 5.41) is 4.30. The molecule has 3 nitrogen and oxygen atoms in total. The molecule has 100 valence electrons. The highest BCUT2D eigenvalue weighted by molar-refractivity contribution is 6.30. The molecule has 4 heteroatoms. The lowest BCUT2D eigenvalue weighted by atomic mass is 10.1. The quantitative estimate of drug-likeness (QED) is 0.908. The van der Waals surface area contributed by atoms with Gasteiger partial charge in [0.15, 0.2) is 0 Å². The SMILES string of the molecule is CCC1CN(Cc2cc(Cl)ccc2OC)CCN1. The summed E-state index contributed by atoms with van der Waals surface area (Å²) >= 11 is 6.06. The maximum Gasteiger partial charge on any atom is 0.123 e. The molecule has 0 spiro atoms. The average Bonchev–Trinajstić information content (AvgIpc) is 2.39. The fraction of sp³-hybridized carbons (Fsp3) is 0.571. The largest absolute Gasteiger partial charge is 0.496 e. The minimum Gasteiger partial charge on any atom is -0.496 e. The van der Waals surface area contributed by atoms with Gasteiger partial charge in [0.05, 0.1) is 7.11 Å². The van der Waals surface area contributed by atoms with Crippen LogP contribution in [0.25, 0.3) is 0 Å². The van der Waals surface area contributed by atoms with E-state index < -0.39 is 0 Å². The minimum absolute atomic E-state index is 0.601. The van der Waals surface area contributed by atoms with Crippen LogP contribution in [0.5, 0.6) is 5.75 Å². The fourth-order valence-electron chi connectivity index (χ4n) is 2.42. The number of methoxy groups -OCH3 is 1. The molecule has 18 heavy (non-hydrogen) atoms. The van der Waals surface area contributed by atoms with E-state index in [1.165, 1.54) is 12.0 Å². The lowest BCUT2D eigenvalue weighted by Gasteiger charge is -2.33. The van der Waals surface area contributed by atoms with Gasteiger partial charge in [0, 0.05) is 42.8 Å². The van der Waals surface area contributed by atoms with Crippen LogP contribution in [0.1, 0.15) is 18.9 Å². The molecule has 1 heterocycles. The molecule has 1 atom stereocenters. The smallest absolute Gasteiger partial charge is 0.123 e. The number of piperazine rings is 1. The van der Waals surface area contributed by atoms with E-state index in [1.54, 1.807) is 7.11 Å². The van der Waals surface area contributed by atoms with Crippen molar-refractivity contribution in [3.63, 3.8) is 0 Å². The van der Waals surface area contributed by atoms with Gasteiger partial charge in [-0.1, -0.05) is 18.5 Å². The third-order valence-electron chi connectivity index (χ3n) is 3.47. The Morgan fingerprint density at radius 2 is 2.33 bits per heavy atom. The Labute approximate surface area is 114 Å². The highest BCUT2D eigenvalue weighted by atomic mass is 35.5. The van der Waals surface area contributed by atoms with Crippen LogP contribution in [0.15, 0.2) is 18.2 Å². The molecule has 1 aliphatic heterocycles. The molecule has 1 unspecified atom stereocenters. The Balaban J connectivity index is 2.06. The lowest BCUT2D eigenvalue weighted by Crippen LogP contribution is -2.49. The van der Waals surface area contributed by atoms with Crippen LogP contribution in [0.3, 0.4) is 0 Å². The number of ether oxygens (including phenoxy) is 1. The molecule has 1 aromatic carbocycles. The first-order valence-electron chi connectivity index (χ1n) is 6.51. The summed E-state index contributed by atoms with van der Waals surface area (Å²) in [7, 11) is 1.71. The molecular weight excluding hydrogens is 248 g/mol. The summed E-state index contributed by atoms with van der Waals surface area (Å²) in [5.41, 5.74) is 1.17. The topological polar surface area (TPSA) is 24.5 Å². The highest BCUT2D eigenvalue weighted by Crippen LogP contribution is 2.24. The molecule has 0 aliphatic carbocycles. The summed E-state index contributed by atoms with van der Waals surface area (Å²) in [6, 6.07) is 6.42. The Kier molecular flexibility index (Phi) is 4.87. The molecule has 1 aromatic rings. The zero-order valence-corrected chi connectivity index (χ0v) is 11.8. The highest BCUT2D eigenvalue weighted by Gasteiger charge is 2.18. The van der Waals surface area contributed by atoms with E-state index >= 15 is 0 Å². The van der Waals surface area contributed by atoms with Crippen molar-refractivity contribution in [2.24, 2.45) is 0 Å². The molecule has 1 saturated heterocycles. The Bertz CT molecular complexity index is 397. The van der Waals surface area contributed by atoms with Gasteiger partial charge in [-0.05, 0) is 24.6 Å². The molecule has 0 radical (unpaired) electrons. The summed E-state index contributed by atoms with van der Waals surface area (Å²) in [6.45, 7) is 6.35. The van der Waals surface area contributed by atoms with Crippen molar-refractivity contribution >= 4 is 11.6 Å². The van der Waals surface area contributed by atoms with Crippen molar-refractivity contribution in [2.75, 3.05) is 26.7 Å². The third-order valence-corrected chi connectivity index (χ3v) is 3.70. The number of nitrogens with one attached hydrogen (secondary N) is 1. The zero-order chi connectivity index (χ0) is 13.0. The van der Waals surface area contributed by atoms with Crippen molar-refractivity contribution in [3.05, 3.63) is 28.8 Å². The average molecular weight is 269 g/mol. The Morgan fingerprint density at radius 1 is 1.50 bits per heavy atom. The Morgan fingerprint density at radius 3 is 3.06 bits per heavy atom. The predicted octanol–water partition coefficient (Wildman–Crippen LogP) is 2.53. The second-order valence-corrected chi connectivity index (χ2v) is 5.19.